The Balaban J connectivity index is 3.12. The number of aromatic nitrogens is 2. The van der Waals surface area contributed by atoms with Gasteiger partial charge in [0.25, 0.3) is 0 Å². The summed E-state index contributed by atoms with van der Waals surface area (Å²) in [5, 5.41) is 10.7. The van der Waals surface area contributed by atoms with Gasteiger partial charge >= 0.3 is 5.97 Å². The number of esters is 1. The molecule has 1 heterocycles. The Morgan fingerprint density at radius 1 is 1.42 bits per heavy atom. The minimum atomic E-state index is -1.44. The Hall–Kier alpha value is -1.49. The first-order chi connectivity index (χ1) is 8.95. The van der Waals surface area contributed by atoms with Crippen LogP contribution >= 0.6 is 0 Å². The van der Waals surface area contributed by atoms with Gasteiger partial charge in [-0.05, 0) is 25.8 Å². The van der Waals surface area contributed by atoms with Crippen LogP contribution in [0.25, 0.3) is 0 Å². The first-order valence-electron chi connectivity index (χ1n) is 6.61. The standard InChI is InChI=1S/C14H22N2O3/c1-5-10(3)11(12(17)19-6-2)14(4,18)13-15-8-7-9-16-13/h7-11,18H,5-6H2,1-4H3. The molecule has 0 aliphatic rings. The SMILES string of the molecule is CCOC(=O)C(C(C)CC)C(C)(O)c1ncccn1. The van der Waals surface area contributed by atoms with Gasteiger partial charge in [0.05, 0.1) is 12.5 Å². The van der Waals surface area contributed by atoms with Crippen molar-refractivity contribution in [1.29, 1.82) is 0 Å². The van der Waals surface area contributed by atoms with Crippen molar-refractivity contribution >= 4 is 5.97 Å². The largest absolute Gasteiger partial charge is 0.466 e. The van der Waals surface area contributed by atoms with Crippen molar-refractivity contribution in [3.05, 3.63) is 24.3 Å². The number of hydrogen-bond acceptors (Lipinski definition) is 5. The first-order valence-corrected chi connectivity index (χ1v) is 6.61. The van der Waals surface area contributed by atoms with E-state index >= 15 is 0 Å². The summed E-state index contributed by atoms with van der Waals surface area (Å²) in [6.45, 7) is 7.49. The van der Waals surface area contributed by atoms with Gasteiger partial charge in [-0.1, -0.05) is 20.3 Å². The molecule has 0 aromatic carbocycles. The number of rotatable bonds is 6. The lowest BCUT2D eigenvalue weighted by atomic mass is 9.78. The molecule has 0 aliphatic carbocycles. The number of aliphatic hydroxyl groups is 1. The Kier molecular flexibility index (Phi) is 5.42. The van der Waals surface area contributed by atoms with E-state index in [-0.39, 0.29) is 18.3 Å². The van der Waals surface area contributed by atoms with Crippen LogP contribution in [0.4, 0.5) is 0 Å². The van der Waals surface area contributed by atoms with Crippen molar-refractivity contribution in [1.82, 2.24) is 9.97 Å². The molecule has 3 unspecified atom stereocenters. The topological polar surface area (TPSA) is 72.3 Å². The van der Waals surface area contributed by atoms with Gasteiger partial charge in [-0.15, -0.1) is 0 Å². The average Bonchev–Trinajstić information content (AvgIpc) is 2.39. The monoisotopic (exact) mass is 266 g/mol. The van der Waals surface area contributed by atoms with E-state index in [2.05, 4.69) is 9.97 Å². The third-order valence-electron chi connectivity index (χ3n) is 3.38. The van der Waals surface area contributed by atoms with Crippen LogP contribution in [0.1, 0.15) is 39.9 Å². The molecule has 1 rings (SSSR count). The number of nitrogens with zero attached hydrogens (tertiary/aromatic N) is 2. The minimum Gasteiger partial charge on any atom is -0.466 e. The fourth-order valence-electron chi connectivity index (χ4n) is 2.18. The van der Waals surface area contributed by atoms with E-state index < -0.39 is 17.5 Å². The number of ether oxygens (including phenoxy) is 1. The van der Waals surface area contributed by atoms with Gasteiger partial charge in [-0.25, -0.2) is 9.97 Å². The zero-order valence-corrected chi connectivity index (χ0v) is 12.0. The highest BCUT2D eigenvalue weighted by molar-refractivity contribution is 5.74. The second-order valence-corrected chi connectivity index (χ2v) is 4.84. The molecule has 0 fully saturated rings. The van der Waals surface area contributed by atoms with Gasteiger partial charge in [0.1, 0.15) is 5.60 Å². The maximum absolute atomic E-state index is 12.1. The highest BCUT2D eigenvalue weighted by Crippen LogP contribution is 2.34. The summed E-state index contributed by atoms with van der Waals surface area (Å²) in [7, 11) is 0. The molecule has 0 saturated heterocycles. The van der Waals surface area contributed by atoms with Gasteiger partial charge in [0.2, 0.25) is 0 Å². The van der Waals surface area contributed by atoms with Crippen LogP contribution < -0.4 is 0 Å². The summed E-state index contributed by atoms with van der Waals surface area (Å²) in [5.41, 5.74) is -1.44. The second-order valence-electron chi connectivity index (χ2n) is 4.84. The lowest BCUT2D eigenvalue weighted by molar-refractivity contribution is -0.163. The van der Waals surface area contributed by atoms with E-state index in [1.165, 1.54) is 0 Å². The van der Waals surface area contributed by atoms with Crippen LogP contribution in [0.3, 0.4) is 0 Å². The predicted octanol–water partition coefficient (Wildman–Crippen LogP) is 1.91. The third-order valence-corrected chi connectivity index (χ3v) is 3.38. The smallest absolute Gasteiger partial charge is 0.312 e. The summed E-state index contributed by atoms with van der Waals surface area (Å²) in [4.78, 5) is 20.2. The van der Waals surface area contributed by atoms with E-state index in [4.69, 9.17) is 4.74 Å². The van der Waals surface area contributed by atoms with E-state index in [0.717, 1.165) is 6.42 Å². The summed E-state index contributed by atoms with van der Waals surface area (Å²) in [5.74, 6) is -0.875. The van der Waals surface area contributed by atoms with Gasteiger partial charge < -0.3 is 9.84 Å². The Bertz CT molecular complexity index is 406. The normalized spacial score (nSPS) is 17.3. The molecule has 19 heavy (non-hydrogen) atoms. The molecule has 3 atom stereocenters. The van der Waals surface area contributed by atoms with Crippen LogP contribution in [-0.4, -0.2) is 27.7 Å². The molecule has 0 amide bonds. The van der Waals surface area contributed by atoms with Gasteiger partial charge in [0.15, 0.2) is 5.82 Å². The summed E-state index contributed by atoms with van der Waals surface area (Å²) in [6.07, 6.45) is 3.86. The average molecular weight is 266 g/mol. The molecule has 106 valence electrons. The van der Waals surface area contributed by atoms with Crippen LogP contribution in [0.5, 0.6) is 0 Å². The Morgan fingerprint density at radius 3 is 2.47 bits per heavy atom. The summed E-state index contributed by atoms with van der Waals surface area (Å²) >= 11 is 0. The van der Waals surface area contributed by atoms with Gasteiger partial charge in [0, 0.05) is 12.4 Å². The summed E-state index contributed by atoms with van der Waals surface area (Å²) < 4.78 is 5.08. The van der Waals surface area contributed by atoms with Crippen LogP contribution in [0.15, 0.2) is 18.5 Å². The molecule has 1 aromatic rings. The second kappa shape index (κ2) is 6.61. The molecule has 1 N–H and O–H groups in total. The quantitative estimate of drug-likeness (QED) is 0.796. The summed E-state index contributed by atoms with van der Waals surface area (Å²) in [6, 6.07) is 1.67. The molecular formula is C14H22N2O3. The zero-order chi connectivity index (χ0) is 14.5. The van der Waals surface area contributed by atoms with Crippen molar-refractivity contribution in [3.63, 3.8) is 0 Å². The molecule has 5 heteroatoms. The Morgan fingerprint density at radius 2 is 2.00 bits per heavy atom. The van der Waals surface area contributed by atoms with Gasteiger partial charge in [-0.2, -0.15) is 0 Å². The molecule has 0 spiro atoms. The van der Waals surface area contributed by atoms with E-state index in [1.807, 2.05) is 13.8 Å². The molecule has 1 aromatic heterocycles. The number of hydrogen-bond donors (Lipinski definition) is 1. The predicted molar refractivity (Wildman–Crippen MR) is 71.2 cm³/mol. The van der Waals surface area contributed by atoms with E-state index in [1.54, 1.807) is 32.3 Å². The van der Waals surface area contributed by atoms with Gasteiger partial charge in [-0.3, -0.25) is 4.79 Å². The van der Waals surface area contributed by atoms with Crippen molar-refractivity contribution in [2.45, 2.75) is 39.7 Å². The fraction of sp³-hybridized carbons (Fsp3) is 0.643. The highest BCUT2D eigenvalue weighted by Gasteiger charge is 2.44. The first kappa shape index (κ1) is 15.6. The number of carbonyl (C=O) groups is 1. The lowest BCUT2D eigenvalue weighted by Gasteiger charge is -2.33. The maximum atomic E-state index is 12.1. The molecular weight excluding hydrogens is 244 g/mol. The third kappa shape index (κ3) is 3.50. The number of carbonyl (C=O) groups excluding carboxylic acids is 1. The highest BCUT2D eigenvalue weighted by atomic mass is 16.5. The van der Waals surface area contributed by atoms with Crippen molar-refractivity contribution < 1.29 is 14.6 Å². The maximum Gasteiger partial charge on any atom is 0.312 e. The Labute approximate surface area is 114 Å². The van der Waals surface area contributed by atoms with Crippen LogP contribution in [-0.2, 0) is 15.1 Å². The van der Waals surface area contributed by atoms with Crippen LogP contribution in [0, 0.1) is 11.8 Å². The van der Waals surface area contributed by atoms with Crippen molar-refractivity contribution in [2.24, 2.45) is 11.8 Å². The van der Waals surface area contributed by atoms with E-state index in [0.29, 0.717) is 0 Å². The van der Waals surface area contributed by atoms with Crippen molar-refractivity contribution in [3.8, 4) is 0 Å². The van der Waals surface area contributed by atoms with Crippen molar-refractivity contribution in [2.75, 3.05) is 6.61 Å². The molecule has 0 bridgehead atoms. The molecule has 0 aliphatic heterocycles. The zero-order valence-electron chi connectivity index (χ0n) is 12.0. The fourth-order valence-corrected chi connectivity index (χ4v) is 2.18. The lowest BCUT2D eigenvalue weighted by Crippen LogP contribution is -2.43. The molecule has 0 saturated carbocycles. The van der Waals surface area contributed by atoms with E-state index in [9.17, 15) is 9.90 Å². The molecule has 5 nitrogen and oxygen atoms in total. The van der Waals surface area contributed by atoms with Crippen LogP contribution in [0.2, 0.25) is 0 Å². The minimum absolute atomic E-state index is 0.0298. The molecule has 0 radical (unpaired) electrons.